The molecule has 0 spiro atoms. The van der Waals surface area contributed by atoms with Crippen LogP contribution in [-0.2, 0) is 40.1 Å². The van der Waals surface area contributed by atoms with Crippen molar-refractivity contribution in [2.45, 2.75) is 240 Å². The van der Waals surface area contributed by atoms with Crippen LogP contribution in [0.4, 0.5) is 22.7 Å². The number of hydrogen-bond donors (Lipinski definition) is 6. The Bertz CT molecular complexity index is 6910. The van der Waals surface area contributed by atoms with Crippen LogP contribution in [0.25, 0.3) is 0 Å². The van der Waals surface area contributed by atoms with Crippen LogP contribution in [0.1, 0.15) is 254 Å². The summed E-state index contributed by atoms with van der Waals surface area (Å²) in [4.78, 5) is 113. The lowest BCUT2D eigenvalue weighted by molar-refractivity contribution is -0.131. The van der Waals surface area contributed by atoms with Crippen molar-refractivity contribution in [1.29, 1.82) is 0 Å². The van der Waals surface area contributed by atoms with Gasteiger partial charge in [0.15, 0.2) is 0 Å². The lowest BCUT2D eigenvalue weighted by Crippen LogP contribution is -2.47. The van der Waals surface area contributed by atoms with E-state index in [1.165, 1.54) is 47.1 Å². The Labute approximate surface area is 880 Å². The molecule has 8 heterocycles. The van der Waals surface area contributed by atoms with Crippen LogP contribution in [0.3, 0.4) is 0 Å². The molecule has 8 aromatic carbocycles. The van der Waals surface area contributed by atoms with Gasteiger partial charge in [0.1, 0.15) is 39.1 Å². The lowest BCUT2D eigenvalue weighted by atomic mass is 9.83. The van der Waals surface area contributed by atoms with Gasteiger partial charge in [0.2, 0.25) is 0 Å². The first kappa shape index (κ1) is 112. The van der Waals surface area contributed by atoms with Gasteiger partial charge in [-0.05, 0) is 298 Å². The highest BCUT2D eigenvalue weighted by atomic mass is 28.3. The van der Waals surface area contributed by atoms with Gasteiger partial charge in [0.05, 0.1) is 58.3 Å². The summed E-state index contributed by atoms with van der Waals surface area (Å²) < 4.78 is 21.9. The van der Waals surface area contributed by atoms with E-state index in [1.54, 1.807) is 102 Å². The quantitative estimate of drug-likeness (QED) is 0.0196. The third-order valence-corrected chi connectivity index (χ3v) is 27.9. The van der Waals surface area contributed by atoms with Crippen molar-refractivity contribution >= 4 is 86.0 Å². The molecular formula is C123H140N12O12Si2. The standard InChI is InChI=1S/C33H39N3O3Si.C30H31N3O3.C27H31N3O2.C27H29N3O2.C6H10O2Si/c1-7-8-9-28-21-26-22-29(39-3)14-15-30(26)32(36(28)31(37)17-19-40(4,5)6)24-10-12-27(13-11-24)35-33(38)25-16-18-34-23(2)20-25;1-5-7-8-25-18-23-19-26(36-4)13-14-27(23)29(33(25)28(34)6-2)21-9-11-24(12-10-21)32-30(35)22-15-16-31-20(3)17-22;2*1-4-5-6-23-16-21-17-24(32-3)11-12-25(21)26(29-23)19-7-9-22(10-8-19)30-27(31)20-13-14-28-18(2)15-20;1-9(2,3)5-4-6(7)8/h10-16,18,20,22,28,32H,7-9,21H2,1-6H3,(H,35,38);2,9-17,19,25,29H,5,7-8,18H2,1,3-4H3,(H,32,35);7-15,17,23,26,29H,4-6,16H2,1-3H3,(H,30,31);7-15,17,23H,4-6,16H2,1-3H3,(H,30,31);1-3H3,(H,7,8)/t28-,32-;25-,29-;23-,26-;23-;/m0000./s1. The maximum Gasteiger partial charge on any atom is 0.381 e. The average Bonchev–Trinajstić information content (AvgIpc) is 0.757. The Hall–Kier alpha value is -15.4. The van der Waals surface area contributed by atoms with Crippen LogP contribution in [0.15, 0.2) is 248 Å². The van der Waals surface area contributed by atoms with E-state index in [0.717, 1.165) is 185 Å². The number of rotatable bonds is 28. The van der Waals surface area contributed by atoms with Gasteiger partial charge in [-0.2, -0.15) is 0 Å². The molecule has 4 aromatic heterocycles. The number of fused-ring (bicyclic) bond motifs is 4. The molecule has 149 heavy (non-hydrogen) atoms. The van der Waals surface area contributed by atoms with Crippen molar-refractivity contribution in [2.75, 3.05) is 49.7 Å². The molecule has 0 unspecified atom stereocenters. The zero-order valence-corrected chi connectivity index (χ0v) is 91.1. The monoisotopic (exact) mass is 2030 g/mol. The van der Waals surface area contributed by atoms with Gasteiger partial charge in [-0.25, -0.2) is 4.79 Å². The average molecular weight is 2030 g/mol. The number of pyridine rings is 4. The second-order valence-electron chi connectivity index (χ2n) is 40.0. The highest BCUT2D eigenvalue weighted by molar-refractivity contribution is 6.84. The molecule has 12 aromatic rings. The van der Waals surface area contributed by atoms with Crippen molar-refractivity contribution < 1.29 is 57.6 Å². The topological polar surface area (TPSA) is 307 Å². The van der Waals surface area contributed by atoms with Crippen molar-refractivity contribution in [2.24, 2.45) is 4.99 Å². The predicted octanol–water partition coefficient (Wildman–Crippen LogP) is 23.9. The smallest absolute Gasteiger partial charge is 0.381 e. The second-order valence-corrected chi connectivity index (χ2v) is 49.5. The van der Waals surface area contributed by atoms with E-state index in [2.05, 4.69) is 177 Å². The molecule has 0 saturated carbocycles. The van der Waals surface area contributed by atoms with Crippen molar-refractivity contribution in [3.63, 3.8) is 0 Å². The molecule has 6 N–H and O–H groups in total. The summed E-state index contributed by atoms with van der Waals surface area (Å²) in [6.07, 6.45) is 28.5. The fourth-order valence-electron chi connectivity index (χ4n) is 18.7. The van der Waals surface area contributed by atoms with Crippen LogP contribution in [0.2, 0.25) is 39.3 Å². The third-order valence-electron chi connectivity index (χ3n) is 26.2. The molecule has 0 fully saturated rings. The van der Waals surface area contributed by atoms with Crippen LogP contribution in [0, 0.1) is 63.0 Å². The molecule has 772 valence electrons. The number of hydrogen-bond acceptors (Lipinski definition) is 17. The Balaban J connectivity index is 0.000000172. The maximum absolute atomic E-state index is 13.8. The van der Waals surface area contributed by atoms with E-state index in [4.69, 9.17) is 35.5 Å². The SMILES string of the molecule is C#CC(=O)N1[C@@H](CCCC)Cc2cc(OC)ccc2[C@@H]1c1ccc(NC(=O)c2ccnc(C)c2)cc1.CCCC[C@H]1Cc2cc(OC)ccc2C(c2ccc(NC(=O)c3ccnc(C)c3)cc2)=N1.CCCC[C@H]1Cc2cc(OC)ccc2[C@H](c2ccc(NC(=O)c3ccnc(C)c3)cc2)N1.CCCC[C@H]1Cc2cc(OC)ccc2[C@H](c2ccc(NC(=O)c3ccnc(C)c3)cc2)N1C(=O)C#C[Si](C)(C)C.C[Si](C)(C)C#CC(=O)O. The Kier molecular flexibility index (Phi) is 40.6. The van der Waals surface area contributed by atoms with Crippen molar-refractivity contribution in [3.8, 4) is 58.3 Å². The minimum atomic E-state index is -1.74. The number of nitrogens with zero attached hydrogens (tertiary/aromatic N) is 7. The van der Waals surface area contributed by atoms with Crippen LogP contribution in [0.5, 0.6) is 23.0 Å². The highest BCUT2D eigenvalue weighted by Crippen LogP contribution is 2.45. The van der Waals surface area contributed by atoms with E-state index in [-0.39, 0.29) is 71.7 Å². The van der Waals surface area contributed by atoms with Crippen molar-refractivity contribution in [1.82, 2.24) is 35.1 Å². The van der Waals surface area contributed by atoms with E-state index in [1.807, 2.05) is 172 Å². The third kappa shape index (κ3) is 31.8. The first-order chi connectivity index (χ1) is 71.6. The number of unbranched alkanes of at least 4 members (excludes halogenated alkanes) is 4. The predicted molar refractivity (Wildman–Crippen MR) is 600 cm³/mol. The number of anilines is 4. The van der Waals surface area contributed by atoms with E-state index < -0.39 is 22.1 Å². The highest BCUT2D eigenvalue weighted by Gasteiger charge is 2.41. The number of aliphatic imine (C=N–C) groups is 1. The number of nitrogens with one attached hydrogen (secondary N) is 5. The fraction of sp³-hybridized carbons (Fsp3) is 0.333. The molecule has 4 aliphatic heterocycles. The number of carbonyl (C=O) groups excluding carboxylic acids is 6. The summed E-state index contributed by atoms with van der Waals surface area (Å²) in [5.74, 6) is 8.76. The molecule has 0 radical (unpaired) electrons. The van der Waals surface area contributed by atoms with Gasteiger partial charge >= 0.3 is 5.97 Å². The number of carbonyl (C=O) groups is 7. The maximum atomic E-state index is 13.8. The number of methoxy groups -OCH3 is 4. The number of carboxylic acids is 1. The van der Waals surface area contributed by atoms with Gasteiger partial charge < -0.3 is 60.4 Å². The van der Waals surface area contributed by atoms with Gasteiger partial charge in [-0.3, -0.25) is 53.7 Å². The Morgan fingerprint density at radius 2 is 0.738 bits per heavy atom. The summed E-state index contributed by atoms with van der Waals surface area (Å²) in [6.45, 7) is 28.7. The number of amides is 6. The Morgan fingerprint density at radius 3 is 1.10 bits per heavy atom. The van der Waals surface area contributed by atoms with E-state index >= 15 is 0 Å². The zero-order chi connectivity index (χ0) is 107. The number of terminal acetylenes is 1. The summed E-state index contributed by atoms with van der Waals surface area (Å²) in [5.41, 5.74) is 29.1. The largest absolute Gasteiger partial charge is 0.497 e. The molecular weight excluding hydrogens is 1890 g/mol. The fourth-order valence-corrected chi connectivity index (χ4v) is 19.7. The van der Waals surface area contributed by atoms with E-state index in [9.17, 15) is 33.6 Å². The number of aromatic nitrogens is 4. The normalized spacial score (nSPS) is 16.0. The summed E-state index contributed by atoms with van der Waals surface area (Å²) in [5, 5.41) is 23.8. The zero-order valence-electron chi connectivity index (χ0n) is 89.1. The molecule has 7 atom stereocenters. The van der Waals surface area contributed by atoms with Gasteiger partial charge in [0.25, 0.3) is 35.4 Å². The molecule has 0 aliphatic carbocycles. The lowest BCUT2D eigenvalue weighted by Gasteiger charge is -2.43. The minimum Gasteiger partial charge on any atom is -0.497 e. The summed E-state index contributed by atoms with van der Waals surface area (Å²) >= 11 is 0. The van der Waals surface area contributed by atoms with Crippen molar-refractivity contribution in [3.05, 3.63) is 355 Å². The van der Waals surface area contributed by atoms with Gasteiger partial charge in [-0.1, -0.05) is 185 Å². The molecule has 24 nitrogen and oxygen atoms in total. The second kappa shape index (κ2) is 53.8. The van der Waals surface area contributed by atoms with Gasteiger partial charge in [-0.15, -0.1) is 17.5 Å². The molecule has 0 bridgehead atoms. The molecule has 0 saturated heterocycles. The molecule has 4 aliphatic rings. The molecule has 26 heteroatoms. The number of ether oxygens (including phenoxy) is 4. The Morgan fingerprint density at radius 1 is 0.396 bits per heavy atom. The van der Waals surface area contributed by atoms with Crippen LogP contribution >= 0.6 is 0 Å². The van der Waals surface area contributed by atoms with Crippen LogP contribution in [-0.4, -0.2) is 151 Å². The number of aryl methyl sites for hydroxylation is 4. The number of carboxylic acid groups (broad SMARTS) is 1. The van der Waals surface area contributed by atoms with Crippen LogP contribution < -0.4 is 45.5 Å². The molecule has 6 amide bonds. The van der Waals surface area contributed by atoms with E-state index in [0.29, 0.717) is 39.7 Å². The summed E-state index contributed by atoms with van der Waals surface area (Å²) in [6, 6.07) is 70.4. The first-order valence-electron chi connectivity index (χ1n) is 51.4. The molecule has 16 rings (SSSR count). The number of benzene rings is 8. The van der Waals surface area contributed by atoms with Gasteiger partial charge in [0, 0.05) is 128 Å². The number of aliphatic carboxylic acids is 1. The minimum absolute atomic E-state index is 0.00702. The first-order valence-corrected chi connectivity index (χ1v) is 58.4. The summed E-state index contributed by atoms with van der Waals surface area (Å²) in [7, 11) is 3.55.